The van der Waals surface area contributed by atoms with Gasteiger partial charge in [-0.2, -0.15) is 5.10 Å². The highest BCUT2D eigenvalue weighted by atomic mass is 16.1. The Morgan fingerprint density at radius 1 is 1.28 bits per heavy atom. The lowest BCUT2D eigenvalue weighted by Crippen LogP contribution is -2.23. The van der Waals surface area contributed by atoms with Crippen LogP contribution < -0.4 is 5.32 Å². The minimum absolute atomic E-state index is 0.0756. The van der Waals surface area contributed by atoms with Gasteiger partial charge in [0, 0.05) is 6.54 Å². The quantitative estimate of drug-likeness (QED) is 0.898. The number of aromatic nitrogens is 2. The fourth-order valence-corrected chi connectivity index (χ4v) is 1.83. The zero-order valence-corrected chi connectivity index (χ0v) is 10.9. The maximum absolute atomic E-state index is 11.8. The van der Waals surface area contributed by atoms with Gasteiger partial charge in [-0.25, -0.2) is 4.68 Å². The first-order valence-corrected chi connectivity index (χ1v) is 6.03. The molecule has 0 aliphatic heterocycles. The van der Waals surface area contributed by atoms with Crippen molar-refractivity contribution in [3.8, 4) is 5.69 Å². The second-order valence-corrected chi connectivity index (χ2v) is 4.25. The number of rotatable bonds is 3. The van der Waals surface area contributed by atoms with Crippen LogP contribution in [0.5, 0.6) is 0 Å². The van der Waals surface area contributed by atoms with Gasteiger partial charge in [0.15, 0.2) is 0 Å². The van der Waals surface area contributed by atoms with Crippen LogP contribution in [0.3, 0.4) is 0 Å². The van der Waals surface area contributed by atoms with Crippen molar-refractivity contribution in [1.29, 1.82) is 0 Å². The molecular weight excluding hydrogens is 226 g/mol. The van der Waals surface area contributed by atoms with Crippen molar-refractivity contribution >= 4 is 5.91 Å². The van der Waals surface area contributed by atoms with Crippen LogP contribution in [-0.4, -0.2) is 22.2 Å². The summed E-state index contributed by atoms with van der Waals surface area (Å²) in [6.07, 6.45) is 1.61. The topological polar surface area (TPSA) is 46.9 Å². The Morgan fingerprint density at radius 2 is 1.94 bits per heavy atom. The van der Waals surface area contributed by atoms with Crippen LogP contribution in [0.1, 0.15) is 28.5 Å². The summed E-state index contributed by atoms with van der Waals surface area (Å²) in [6.45, 7) is 6.46. The summed E-state index contributed by atoms with van der Waals surface area (Å²) in [6, 6.07) is 8.05. The average molecular weight is 243 g/mol. The second-order valence-electron chi connectivity index (χ2n) is 4.25. The Kier molecular flexibility index (Phi) is 3.46. The standard InChI is InChI=1S/C14H17N3O/c1-4-15-14(18)13-9-16-17(11(13)3)12-7-5-10(2)6-8-12/h5-9H,4H2,1-3H3,(H,15,18). The highest BCUT2D eigenvalue weighted by Gasteiger charge is 2.13. The fourth-order valence-electron chi connectivity index (χ4n) is 1.83. The molecule has 0 fully saturated rings. The number of nitrogens with one attached hydrogen (secondary N) is 1. The number of aryl methyl sites for hydroxylation is 1. The Morgan fingerprint density at radius 3 is 2.56 bits per heavy atom. The predicted molar refractivity (Wildman–Crippen MR) is 71.0 cm³/mol. The summed E-state index contributed by atoms with van der Waals surface area (Å²) >= 11 is 0. The molecule has 0 radical (unpaired) electrons. The summed E-state index contributed by atoms with van der Waals surface area (Å²) in [5.41, 5.74) is 3.64. The fraction of sp³-hybridized carbons (Fsp3) is 0.286. The lowest BCUT2D eigenvalue weighted by Gasteiger charge is -2.06. The normalized spacial score (nSPS) is 10.4. The molecule has 0 saturated carbocycles. The number of carbonyl (C=O) groups excluding carboxylic acids is 1. The number of carbonyl (C=O) groups is 1. The van der Waals surface area contributed by atoms with Crippen LogP contribution in [0.25, 0.3) is 5.69 Å². The zero-order chi connectivity index (χ0) is 13.1. The van der Waals surface area contributed by atoms with Crippen LogP contribution in [0.15, 0.2) is 30.5 Å². The first kappa shape index (κ1) is 12.4. The van der Waals surface area contributed by atoms with Crippen molar-refractivity contribution < 1.29 is 4.79 Å². The van der Waals surface area contributed by atoms with E-state index in [0.29, 0.717) is 12.1 Å². The van der Waals surface area contributed by atoms with Gasteiger partial charge >= 0.3 is 0 Å². The van der Waals surface area contributed by atoms with Gasteiger partial charge in [-0.1, -0.05) is 17.7 Å². The Labute approximate surface area is 107 Å². The summed E-state index contributed by atoms with van der Waals surface area (Å²) in [7, 11) is 0. The van der Waals surface area contributed by atoms with E-state index in [-0.39, 0.29) is 5.91 Å². The first-order valence-electron chi connectivity index (χ1n) is 6.03. The molecule has 0 bridgehead atoms. The molecule has 4 heteroatoms. The van der Waals surface area contributed by atoms with Gasteiger partial charge in [-0.05, 0) is 32.9 Å². The molecule has 0 aliphatic rings. The maximum Gasteiger partial charge on any atom is 0.254 e. The van der Waals surface area contributed by atoms with E-state index in [2.05, 4.69) is 10.4 Å². The van der Waals surface area contributed by atoms with Crippen molar-refractivity contribution in [2.75, 3.05) is 6.54 Å². The molecule has 2 aromatic rings. The lowest BCUT2D eigenvalue weighted by atomic mass is 10.2. The van der Waals surface area contributed by atoms with Crippen LogP contribution in [0.4, 0.5) is 0 Å². The van der Waals surface area contributed by atoms with Gasteiger partial charge in [0.1, 0.15) is 0 Å². The van der Waals surface area contributed by atoms with Crippen molar-refractivity contribution in [2.24, 2.45) is 0 Å². The highest BCUT2D eigenvalue weighted by Crippen LogP contribution is 2.14. The monoisotopic (exact) mass is 243 g/mol. The maximum atomic E-state index is 11.8. The molecule has 1 aromatic carbocycles. The summed E-state index contributed by atoms with van der Waals surface area (Å²) in [4.78, 5) is 11.8. The first-order chi connectivity index (χ1) is 8.63. The van der Waals surface area contributed by atoms with E-state index in [0.717, 1.165) is 11.4 Å². The minimum atomic E-state index is -0.0756. The SMILES string of the molecule is CCNC(=O)c1cnn(-c2ccc(C)cc2)c1C. The molecule has 1 N–H and O–H groups in total. The number of benzene rings is 1. The third-order valence-electron chi connectivity index (χ3n) is 2.87. The van der Waals surface area contributed by atoms with E-state index < -0.39 is 0 Å². The molecule has 0 unspecified atom stereocenters. The molecule has 2 rings (SSSR count). The number of hydrogen-bond acceptors (Lipinski definition) is 2. The van der Waals surface area contributed by atoms with Crippen LogP contribution in [-0.2, 0) is 0 Å². The van der Waals surface area contributed by atoms with E-state index >= 15 is 0 Å². The van der Waals surface area contributed by atoms with Gasteiger partial charge < -0.3 is 5.32 Å². The molecule has 0 saturated heterocycles. The smallest absolute Gasteiger partial charge is 0.254 e. The second kappa shape index (κ2) is 5.04. The third-order valence-corrected chi connectivity index (χ3v) is 2.87. The van der Waals surface area contributed by atoms with E-state index in [4.69, 9.17) is 0 Å². The van der Waals surface area contributed by atoms with Crippen LogP contribution in [0.2, 0.25) is 0 Å². The zero-order valence-electron chi connectivity index (χ0n) is 10.9. The van der Waals surface area contributed by atoms with Crippen molar-refractivity contribution in [3.63, 3.8) is 0 Å². The molecule has 1 heterocycles. The van der Waals surface area contributed by atoms with Gasteiger partial charge in [0.2, 0.25) is 0 Å². The molecular formula is C14H17N3O. The summed E-state index contributed by atoms with van der Waals surface area (Å²) in [5.74, 6) is -0.0756. The van der Waals surface area contributed by atoms with Gasteiger partial charge in [0.05, 0.1) is 23.1 Å². The molecule has 1 aromatic heterocycles. The molecule has 0 aliphatic carbocycles. The van der Waals surface area contributed by atoms with Crippen molar-refractivity contribution in [1.82, 2.24) is 15.1 Å². The molecule has 1 amide bonds. The number of amides is 1. The van der Waals surface area contributed by atoms with Gasteiger partial charge in [-0.3, -0.25) is 4.79 Å². The van der Waals surface area contributed by atoms with E-state index in [1.807, 2.05) is 45.0 Å². The number of nitrogens with zero attached hydrogens (tertiary/aromatic N) is 2. The number of hydrogen-bond donors (Lipinski definition) is 1. The van der Waals surface area contributed by atoms with E-state index in [1.54, 1.807) is 10.9 Å². The van der Waals surface area contributed by atoms with Gasteiger partial charge in [0.25, 0.3) is 5.91 Å². The third kappa shape index (κ3) is 2.27. The van der Waals surface area contributed by atoms with Gasteiger partial charge in [-0.15, -0.1) is 0 Å². The molecule has 18 heavy (non-hydrogen) atoms. The van der Waals surface area contributed by atoms with Crippen molar-refractivity contribution in [3.05, 3.63) is 47.3 Å². The summed E-state index contributed by atoms with van der Waals surface area (Å²) < 4.78 is 1.78. The van der Waals surface area contributed by atoms with E-state index in [1.165, 1.54) is 5.56 Å². The Balaban J connectivity index is 2.36. The largest absolute Gasteiger partial charge is 0.352 e. The predicted octanol–water partition coefficient (Wildman–Crippen LogP) is 2.24. The highest BCUT2D eigenvalue weighted by molar-refractivity contribution is 5.95. The summed E-state index contributed by atoms with van der Waals surface area (Å²) in [5, 5.41) is 7.06. The molecule has 4 nitrogen and oxygen atoms in total. The average Bonchev–Trinajstić information content (AvgIpc) is 2.73. The van der Waals surface area contributed by atoms with Crippen molar-refractivity contribution in [2.45, 2.75) is 20.8 Å². The van der Waals surface area contributed by atoms with Crippen LogP contribution >= 0.6 is 0 Å². The lowest BCUT2D eigenvalue weighted by molar-refractivity contribution is 0.0955. The van der Waals surface area contributed by atoms with E-state index in [9.17, 15) is 4.79 Å². The molecule has 0 spiro atoms. The molecule has 94 valence electrons. The Hall–Kier alpha value is -2.10. The van der Waals surface area contributed by atoms with Crippen LogP contribution in [0, 0.1) is 13.8 Å². The Bertz CT molecular complexity index is 555. The minimum Gasteiger partial charge on any atom is -0.352 e. The molecule has 0 atom stereocenters.